The van der Waals surface area contributed by atoms with E-state index in [1.165, 1.54) is 6.26 Å². The number of aliphatic hydroxyl groups is 1. The largest absolute Gasteiger partial charge is 0.491 e. The highest BCUT2D eigenvalue weighted by atomic mass is 16.5. The molecule has 0 aliphatic heterocycles. The maximum atomic E-state index is 9.71. The molecule has 1 aromatic carbocycles. The predicted molar refractivity (Wildman–Crippen MR) is 66.2 cm³/mol. The lowest BCUT2D eigenvalue weighted by molar-refractivity contribution is 0.106. The van der Waals surface area contributed by atoms with Crippen LogP contribution in [0.15, 0.2) is 47.2 Å². The molecule has 1 atom stereocenters. The molecule has 96 valence electrons. The fraction of sp³-hybridized carbons (Fsp3) is 0.308. The van der Waals surface area contributed by atoms with Gasteiger partial charge in [0, 0.05) is 19.2 Å². The highest BCUT2D eigenvalue weighted by Gasteiger charge is 2.05. The number of para-hydroxylation sites is 1. The molecule has 0 amide bonds. The monoisotopic (exact) mass is 248 g/mol. The molecular weight excluding hydrogens is 232 g/mol. The molecule has 5 heteroatoms. The molecule has 0 fully saturated rings. The Balaban J connectivity index is 1.62. The van der Waals surface area contributed by atoms with Gasteiger partial charge in [-0.3, -0.25) is 0 Å². The molecule has 0 saturated heterocycles. The van der Waals surface area contributed by atoms with E-state index in [4.69, 9.17) is 9.26 Å². The van der Waals surface area contributed by atoms with Crippen LogP contribution >= 0.6 is 0 Å². The summed E-state index contributed by atoms with van der Waals surface area (Å²) in [5, 5.41) is 16.5. The lowest BCUT2D eigenvalue weighted by Gasteiger charge is -2.12. The van der Waals surface area contributed by atoms with Crippen molar-refractivity contribution in [2.75, 3.05) is 13.2 Å². The summed E-state index contributed by atoms with van der Waals surface area (Å²) in [6.07, 6.45) is 0.962. The second kappa shape index (κ2) is 6.78. The van der Waals surface area contributed by atoms with Crippen LogP contribution in [0.25, 0.3) is 0 Å². The first-order valence-corrected chi connectivity index (χ1v) is 5.80. The Morgan fingerprint density at radius 1 is 1.28 bits per heavy atom. The Bertz CT molecular complexity index is 431. The summed E-state index contributed by atoms with van der Waals surface area (Å²) >= 11 is 0. The minimum atomic E-state index is -0.558. The average molecular weight is 248 g/mol. The number of rotatable bonds is 7. The van der Waals surface area contributed by atoms with Gasteiger partial charge in [0.25, 0.3) is 0 Å². The summed E-state index contributed by atoms with van der Waals surface area (Å²) in [7, 11) is 0. The fourth-order valence-corrected chi connectivity index (χ4v) is 1.46. The fourth-order valence-electron chi connectivity index (χ4n) is 1.46. The number of hydrogen-bond acceptors (Lipinski definition) is 5. The van der Waals surface area contributed by atoms with Crippen LogP contribution in [0, 0.1) is 0 Å². The molecule has 0 saturated carbocycles. The number of aromatic nitrogens is 1. The summed E-state index contributed by atoms with van der Waals surface area (Å²) in [6.45, 7) is 1.27. The molecule has 2 N–H and O–H groups in total. The zero-order valence-corrected chi connectivity index (χ0v) is 9.95. The van der Waals surface area contributed by atoms with E-state index >= 15 is 0 Å². The zero-order valence-electron chi connectivity index (χ0n) is 9.95. The number of benzene rings is 1. The minimum Gasteiger partial charge on any atom is -0.491 e. The zero-order chi connectivity index (χ0) is 12.6. The van der Waals surface area contributed by atoms with Crippen LogP contribution in [0.1, 0.15) is 5.69 Å². The molecule has 5 nitrogen and oxygen atoms in total. The van der Waals surface area contributed by atoms with Gasteiger partial charge in [-0.2, -0.15) is 0 Å². The van der Waals surface area contributed by atoms with Crippen molar-refractivity contribution >= 4 is 0 Å². The summed E-state index contributed by atoms with van der Waals surface area (Å²) in [4.78, 5) is 0. The lowest BCUT2D eigenvalue weighted by Crippen LogP contribution is -2.31. The standard InChI is InChI=1S/C13H16N2O3/c16-12(9-14-8-11-6-7-18-15-11)10-17-13-4-2-1-3-5-13/h1-7,12,14,16H,8-10H2. The molecule has 0 aliphatic rings. The van der Waals surface area contributed by atoms with Crippen LogP contribution < -0.4 is 10.1 Å². The third-order valence-electron chi connectivity index (χ3n) is 2.36. The summed E-state index contributed by atoms with van der Waals surface area (Å²) in [5.74, 6) is 0.757. The van der Waals surface area contributed by atoms with Crippen molar-refractivity contribution in [3.8, 4) is 5.75 Å². The SMILES string of the molecule is OC(CNCc1ccon1)COc1ccccc1. The second-order valence-corrected chi connectivity index (χ2v) is 3.90. The normalized spacial score (nSPS) is 12.3. The van der Waals surface area contributed by atoms with Gasteiger partial charge in [-0.05, 0) is 12.1 Å². The first-order valence-electron chi connectivity index (χ1n) is 5.80. The van der Waals surface area contributed by atoms with Crippen LogP contribution in [0.5, 0.6) is 5.75 Å². The Morgan fingerprint density at radius 3 is 2.83 bits per heavy atom. The van der Waals surface area contributed by atoms with Crippen molar-refractivity contribution in [2.45, 2.75) is 12.6 Å². The van der Waals surface area contributed by atoms with Crippen LogP contribution in [-0.4, -0.2) is 29.5 Å². The van der Waals surface area contributed by atoms with E-state index in [9.17, 15) is 5.11 Å². The third kappa shape index (κ3) is 4.20. The second-order valence-electron chi connectivity index (χ2n) is 3.90. The Kier molecular flexibility index (Phi) is 4.75. The molecule has 2 aromatic rings. The highest BCUT2D eigenvalue weighted by Crippen LogP contribution is 2.08. The van der Waals surface area contributed by atoms with E-state index in [2.05, 4.69) is 10.5 Å². The minimum absolute atomic E-state index is 0.260. The first kappa shape index (κ1) is 12.6. The molecular formula is C13H16N2O3. The summed E-state index contributed by atoms with van der Waals surface area (Å²) in [6, 6.07) is 11.2. The molecule has 2 rings (SSSR count). The number of aliphatic hydroxyl groups excluding tert-OH is 1. The summed E-state index contributed by atoms with van der Waals surface area (Å²) in [5.41, 5.74) is 0.811. The van der Waals surface area contributed by atoms with Crippen LogP contribution in [0.3, 0.4) is 0 Å². The van der Waals surface area contributed by atoms with Gasteiger partial charge in [-0.25, -0.2) is 0 Å². The molecule has 0 spiro atoms. The van der Waals surface area contributed by atoms with Crippen molar-refractivity contribution in [2.24, 2.45) is 0 Å². The molecule has 0 radical (unpaired) electrons. The number of ether oxygens (including phenoxy) is 1. The van der Waals surface area contributed by atoms with Crippen molar-refractivity contribution in [1.29, 1.82) is 0 Å². The van der Waals surface area contributed by atoms with Gasteiger partial charge in [0.2, 0.25) is 0 Å². The van der Waals surface area contributed by atoms with E-state index in [0.29, 0.717) is 13.1 Å². The first-order chi connectivity index (χ1) is 8.84. The van der Waals surface area contributed by atoms with Crippen LogP contribution in [-0.2, 0) is 6.54 Å². The van der Waals surface area contributed by atoms with Crippen molar-refractivity contribution in [3.63, 3.8) is 0 Å². The molecule has 1 aromatic heterocycles. The quantitative estimate of drug-likeness (QED) is 0.770. The van der Waals surface area contributed by atoms with Crippen molar-refractivity contribution in [1.82, 2.24) is 10.5 Å². The van der Waals surface area contributed by atoms with Gasteiger partial charge in [-0.15, -0.1) is 0 Å². The average Bonchev–Trinajstić information content (AvgIpc) is 2.91. The summed E-state index contributed by atoms with van der Waals surface area (Å²) < 4.78 is 10.1. The third-order valence-corrected chi connectivity index (χ3v) is 2.36. The van der Waals surface area contributed by atoms with Gasteiger partial charge in [0.15, 0.2) is 0 Å². The van der Waals surface area contributed by atoms with E-state index < -0.39 is 6.10 Å². The van der Waals surface area contributed by atoms with Crippen molar-refractivity contribution in [3.05, 3.63) is 48.4 Å². The number of hydrogen-bond donors (Lipinski definition) is 2. The van der Waals surface area contributed by atoms with Crippen LogP contribution in [0.4, 0.5) is 0 Å². The van der Waals surface area contributed by atoms with Crippen molar-refractivity contribution < 1.29 is 14.4 Å². The van der Waals surface area contributed by atoms with Crippen LogP contribution in [0.2, 0.25) is 0 Å². The highest BCUT2D eigenvalue weighted by molar-refractivity contribution is 5.20. The van der Waals surface area contributed by atoms with E-state index in [-0.39, 0.29) is 6.61 Å². The maximum Gasteiger partial charge on any atom is 0.124 e. The molecule has 1 unspecified atom stereocenters. The molecule has 0 bridgehead atoms. The molecule has 1 heterocycles. The van der Waals surface area contributed by atoms with Gasteiger partial charge < -0.3 is 19.7 Å². The van der Waals surface area contributed by atoms with E-state index in [1.54, 1.807) is 6.07 Å². The van der Waals surface area contributed by atoms with Gasteiger partial charge in [0.1, 0.15) is 24.7 Å². The number of nitrogens with zero attached hydrogens (tertiary/aromatic N) is 1. The smallest absolute Gasteiger partial charge is 0.124 e. The van der Waals surface area contributed by atoms with E-state index in [0.717, 1.165) is 11.4 Å². The Morgan fingerprint density at radius 2 is 2.11 bits per heavy atom. The molecule has 18 heavy (non-hydrogen) atoms. The predicted octanol–water partition coefficient (Wildman–Crippen LogP) is 1.20. The van der Waals surface area contributed by atoms with Gasteiger partial charge in [0.05, 0.1) is 5.69 Å². The lowest BCUT2D eigenvalue weighted by atomic mass is 10.3. The Hall–Kier alpha value is -1.85. The molecule has 0 aliphatic carbocycles. The number of nitrogens with one attached hydrogen (secondary N) is 1. The van der Waals surface area contributed by atoms with Gasteiger partial charge >= 0.3 is 0 Å². The van der Waals surface area contributed by atoms with E-state index in [1.807, 2.05) is 30.3 Å². The topological polar surface area (TPSA) is 67.5 Å². The maximum absolute atomic E-state index is 9.71. The Labute approximate surface area is 105 Å². The van der Waals surface area contributed by atoms with Gasteiger partial charge in [-0.1, -0.05) is 23.4 Å².